The van der Waals surface area contributed by atoms with Crippen molar-refractivity contribution in [2.75, 3.05) is 18.9 Å². The second-order valence-corrected chi connectivity index (χ2v) is 6.64. The van der Waals surface area contributed by atoms with Crippen molar-refractivity contribution in [1.29, 1.82) is 0 Å². The lowest BCUT2D eigenvalue weighted by Gasteiger charge is -2.17. The Balaban J connectivity index is 1.68. The Morgan fingerprint density at radius 2 is 1.93 bits per heavy atom. The minimum atomic E-state index is -0.155. The molecule has 2 aromatic heterocycles. The second kappa shape index (κ2) is 8.60. The van der Waals surface area contributed by atoms with E-state index in [0.29, 0.717) is 23.1 Å². The highest BCUT2D eigenvalue weighted by Gasteiger charge is 2.14. The van der Waals surface area contributed by atoms with E-state index in [0.717, 1.165) is 23.2 Å². The van der Waals surface area contributed by atoms with Gasteiger partial charge in [0.05, 0.1) is 0 Å². The quantitative estimate of drug-likeness (QED) is 0.701. The zero-order valence-electron chi connectivity index (χ0n) is 15.2. The van der Waals surface area contributed by atoms with E-state index in [1.807, 2.05) is 37.3 Å². The number of amides is 1. The molecule has 6 nitrogen and oxygen atoms in total. The molecule has 1 aromatic carbocycles. The first-order chi connectivity index (χ1) is 13.0. The van der Waals surface area contributed by atoms with Crippen LogP contribution in [0.2, 0.25) is 5.02 Å². The predicted molar refractivity (Wildman–Crippen MR) is 106 cm³/mol. The fourth-order valence-electron chi connectivity index (χ4n) is 2.55. The van der Waals surface area contributed by atoms with Crippen molar-refractivity contribution in [3.63, 3.8) is 0 Å². The third kappa shape index (κ3) is 5.01. The molecule has 138 valence electrons. The highest BCUT2D eigenvalue weighted by molar-refractivity contribution is 6.30. The van der Waals surface area contributed by atoms with Gasteiger partial charge >= 0.3 is 0 Å². The molecule has 3 rings (SSSR count). The van der Waals surface area contributed by atoms with Crippen LogP contribution in [-0.4, -0.2) is 39.4 Å². The average molecular weight is 382 g/mol. The molecule has 7 heteroatoms. The van der Waals surface area contributed by atoms with Crippen molar-refractivity contribution in [3.8, 4) is 0 Å². The zero-order valence-corrected chi connectivity index (χ0v) is 15.9. The maximum atomic E-state index is 12.7. The van der Waals surface area contributed by atoms with Crippen molar-refractivity contribution in [2.24, 2.45) is 0 Å². The lowest BCUT2D eigenvalue weighted by Crippen LogP contribution is -2.29. The first-order valence-electron chi connectivity index (χ1n) is 8.52. The number of hydrogen-bond acceptors (Lipinski definition) is 5. The number of benzene rings is 1. The van der Waals surface area contributed by atoms with Crippen LogP contribution in [0.3, 0.4) is 0 Å². The van der Waals surface area contributed by atoms with Gasteiger partial charge in [0.2, 0.25) is 0 Å². The number of pyridine rings is 1. The molecule has 3 aromatic rings. The SMILES string of the molecule is Cc1ccc(Cl)cc1Nc1cc(C(=O)N(C)CCc2ccncc2)ncn1. The van der Waals surface area contributed by atoms with Crippen molar-refractivity contribution in [3.05, 3.63) is 77.0 Å². The standard InChI is InChI=1S/C20H20ClN5O/c1-14-3-4-16(21)11-17(14)25-19-12-18(23-13-24-19)20(27)26(2)10-7-15-5-8-22-9-6-15/h3-6,8-9,11-13H,7,10H2,1-2H3,(H,23,24,25). The summed E-state index contributed by atoms with van der Waals surface area (Å²) in [7, 11) is 1.76. The first kappa shape index (κ1) is 18.8. The molecule has 0 bridgehead atoms. The minimum absolute atomic E-state index is 0.155. The van der Waals surface area contributed by atoms with E-state index in [1.165, 1.54) is 6.33 Å². The van der Waals surface area contributed by atoms with E-state index < -0.39 is 0 Å². The Morgan fingerprint density at radius 1 is 1.15 bits per heavy atom. The Kier molecular flexibility index (Phi) is 5.98. The molecule has 0 aliphatic rings. The summed E-state index contributed by atoms with van der Waals surface area (Å²) in [5.41, 5.74) is 3.33. The molecule has 0 saturated heterocycles. The van der Waals surface area contributed by atoms with Crippen LogP contribution in [0, 0.1) is 6.92 Å². The summed E-state index contributed by atoms with van der Waals surface area (Å²) < 4.78 is 0. The summed E-state index contributed by atoms with van der Waals surface area (Å²) in [4.78, 5) is 26.6. The van der Waals surface area contributed by atoms with Gasteiger partial charge in [0.15, 0.2) is 0 Å². The molecular formula is C20H20ClN5O. The van der Waals surface area contributed by atoms with Crippen LogP contribution in [0.25, 0.3) is 0 Å². The Bertz CT molecular complexity index is 933. The number of aromatic nitrogens is 3. The third-order valence-electron chi connectivity index (χ3n) is 4.18. The molecule has 27 heavy (non-hydrogen) atoms. The van der Waals surface area contributed by atoms with Crippen LogP contribution in [0.1, 0.15) is 21.6 Å². The van der Waals surface area contributed by atoms with Gasteiger partial charge in [-0.25, -0.2) is 9.97 Å². The fourth-order valence-corrected chi connectivity index (χ4v) is 2.72. The van der Waals surface area contributed by atoms with E-state index >= 15 is 0 Å². The molecule has 0 aliphatic carbocycles. The van der Waals surface area contributed by atoms with Crippen LogP contribution in [-0.2, 0) is 6.42 Å². The number of halogens is 1. The average Bonchev–Trinajstić information content (AvgIpc) is 2.69. The highest BCUT2D eigenvalue weighted by Crippen LogP contribution is 2.23. The lowest BCUT2D eigenvalue weighted by molar-refractivity contribution is 0.0790. The molecule has 1 N–H and O–H groups in total. The molecule has 0 saturated carbocycles. The number of nitrogens with zero attached hydrogens (tertiary/aromatic N) is 4. The molecule has 1 amide bonds. The zero-order chi connectivity index (χ0) is 19.2. The predicted octanol–water partition coefficient (Wildman–Crippen LogP) is 3.89. The van der Waals surface area contributed by atoms with Gasteiger partial charge < -0.3 is 10.2 Å². The van der Waals surface area contributed by atoms with E-state index in [4.69, 9.17) is 11.6 Å². The van der Waals surface area contributed by atoms with E-state index in [9.17, 15) is 4.79 Å². The maximum Gasteiger partial charge on any atom is 0.272 e. The molecule has 0 fully saturated rings. The summed E-state index contributed by atoms with van der Waals surface area (Å²) in [6, 6.07) is 11.1. The van der Waals surface area contributed by atoms with E-state index in [2.05, 4.69) is 20.3 Å². The molecule has 0 unspecified atom stereocenters. The fraction of sp³-hybridized carbons (Fsp3) is 0.200. The van der Waals surface area contributed by atoms with Crippen molar-refractivity contribution < 1.29 is 4.79 Å². The first-order valence-corrected chi connectivity index (χ1v) is 8.90. The van der Waals surface area contributed by atoms with Gasteiger partial charge in [0.25, 0.3) is 5.91 Å². The van der Waals surface area contributed by atoms with Crippen molar-refractivity contribution in [1.82, 2.24) is 19.9 Å². The topological polar surface area (TPSA) is 71.0 Å². The summed E-state index contributed by atoms with van der Waals surface area (Å²) in [5.74, 6) is 0.388. The molecule has 0 radical (unpaired) electrons. The molecule has 2 heterocycles. The monoisotopic (exact) mass is 381 g/mol. The summed E-state index contributed by atoms with van der Waals surface area (Å²) >= 11 is 6.05. The van der Waals surface area contributed by atoms with Crippen molar-refractivity contribution >= 4 is 29.0 Å². The van der Waals surface area contributed by atoms with Gasteiger partial charge in [-0.1, -0.05) is 17.7 Å². The third-order valence-corrected chi connectivity index (χ3v) is 4.42. The maximum absolute atomic E-state index is 12.7. The van der Waals surface area contributed by atoms with Gasteiger partial charge in [-0.15, -0.1) is 0 Å². The number of nitrogens with one attached hydrogen (secondary N) is 1. The van der Waals surface area contributed by atoms with Gasteiger partial charge in [-0.05, 0) is 48.7 Å². The number of carbonyl (C=O) groups excluding carboxylic acids is 1. The Morgan fingerprint density at radius 3 is 2.70 bits per heavy atom. The summed E-state index contributed by atoms with van der Waals surface area (Å²) in [6.07, 6.45) is 5.63. The van der Waals surface area contributed by atoms with Gasteiger partial charge in [0.1, 0.15) is 17.8 Å². The van der Waals surface area contributed by atoms with E-state index in [-0.39, 0.29) is 5.91 Å². The minimum Gasteiger partial charge on any atom is -0.340 e. The number of anilines is 2. The lowest BCUT2D eigenvalue weighted by atomic mass is 10.2. The Hall–Kier alpha value is -2.99. The van der Waals surface area contributed by atoms with Crippen LogP contribution in [0.15, 0.2) is 55.1 Å². The molecule has 0 spiro atoms. The number of rotatable bonds is 6. The van der Waals surface area contributed by atoms with Crippen molar-refractivity contribution in [2.45, 2.75) is 13.3 Å². The second-order valence-electron chi connectivity index (χ2n) is 6.20. The summed E-state index contributed by atoms with van der Waals surface area (Å²) in [5, 5.41) is 3.82. The highest BCUT2D eigenvalue weighted by atomic mass is 35.5. The molecule has 0 aliphatic heterocycles. The number of likely N-dealkylation sites (N-methyl/N-ethyl adjacent to an activating group) is 1. The number of hydrogen-bond donors (Lipinski definition) is 1. The van der Waals surface area contributed by atoms with Crippen LogP contribution < -0.4 is 5.32 Å². The van der Waals surface area contributed by atoms with E-state index in [1.54, 1.807) is 30.4 Å². The molecular weight excluding hydrogens is 362 g/mol. The van der Waals surface area contributed by atoms with Gasteiger partial charge in [-0.2, -0.15) is 0 Å². The van der Waals surface area contributed by atoms with Crippen LogP contribution >= 0.6 is 11.6 Å². The smallest absolute Gasteiger partial charge is 0.272 e. The summed E-state index contributed by atoms with van der Waals surface area (Å²) in [6.45, 7) is 2.56. The normalized spacial score (nSPS) is 10.5. The van der Waals surface area contributed by atoms with Gasteiger partial charge in [0, 0.05) is 42.8 Å². The largest absolute Gasteiger partial charge is 0.340 e. The van der Waals surface area contributed by atoms with Crippen LogP contribution in [0.4, 0.5) is 11.5 Å². The van der Waals surface area contributed by atoms with Gasteiger partial charge in [-0.3, -0.25) is 9.78 Å². The molecule has 0 atom stereocenters. The van der Waals surface area contributed by atoms with Crippen LogP contribution in [0.5, 0.6) is 0 Å². The number of carbonyl (C=O) groups is 1. The number of aryl methyl sites for hydroxylation is 1. The Labute approximate surface area is 163 Å².